The molecule has 1 saturated carbocycles. The van der Waals surface area contributed by atoms with Gasteiger partial charge in [0.25, 0.3) is 0 Å². The van der Waals surface area contributed by atoms with E-state index in [1.54, 1.807) is 6.26 Å². The van der Waals surface area contributed by atoms with E-state index in [1.165, 1.54) is 12.8 Å². The number of furan rings is 1. The number of aliphatic imine (C=N–C) groups is 1. The molecule has 4 nitrogen and oxygen atoms in total. The lowest BCUT2D eigenvalue weighted by Crippen LogP contribution is -2.31. The van der Waals surface area contributed by atoms with Crippen molar-refractivity contribution in [1.29, 1.82) is 0 Å². The highest BCUT2D eigenvalue weighted by atomic mass is 16.3. The largest absolute Gasteiger partial charge is 0.461 e. The highest BCUT2D eigenvalue weighted by Gasteiger charge is 2.15. The summed E-state index contributed by atoms with van der Waals surface area (Å²) >= 11 is 0. The van der Waals surface area contributed by atoms with Crippen LogP contribution in [0.15, 0.2) is 27.8 Å². The number of rotatable bonds is 2. The Bertz CT molecular complexity index is 299. The van der Waals surface area contributed by atoms with Gasteiger partial charge in [-0.15, -0.1) is 0 Å². The molecule has 0 aliphatic heterocycles. The first-order chi connectivity index (χ1) is 6.90. The van der Waals surface area contributed by atoms with Crippen LogP contribution in [0.4, 0.5) is 0 Å². The summed E-state index contributed by atoms with van der Waals surface area (Å²) < 4.78 is 5.22. The van der Waals surface area contributed by atoms with Crippen molar-refractivity contribution in [3.05, 3.63) is 24.2 Å². The number of hydrogen-bond acceptors (Lipinski definition) is 3. The molecule has 1 heterocycles. The average molecular weight is 193 g/mol. The molecule has 0 aromatic carbocycles. The van der Waals surface area contributed by atoms with Gasteiger partial charge in [0.1, 0.15) is 0 Å². The third kappa shape index (κ3) is 1.96. The van der Waals surface area contributed by atoms with Crippen LogP contribution in [0.2, 0.25) is 0 Å². The predicted molar refractivity (Wildman–Crippen MR) is 54.8 cm³/mol. The second-order valence-corrected chi connectivity index (χ2v) is 3.54. The third-order valence-electron chi connectivity index (χ3n) is 2.53. The monoisotopic (exact) mass is 193 g/mol. The first kappa shape index (κ1) is 9.27. The number of amidine groups is 1. The number of hydrazine groups is 1. The van der Waals surface area contributed by atoms with E-state index < -0.39 is 0 Å². The van der Waals surface area contributed by atoms with E-state index in [2.05, 4.69) is 10.4 Å². The fourth-order valence-corrected chi connectivity index (χ4v) is 1.80. The van der Waals surface area contributed by atoms with Crippen LogP contribution in [0.1, 0.15) is 31.4 Å². The lowest BCUT2D eigenvalue weighted by molar-refractivity contribution is 0.551. The lowest BCUT2D eigenvalue weighted by Gasteiger charge is -2.06. The standard InChI is InChI=1S/C10H15N3O/c11-13-10(9-6-3-7-14-9)12-8-4-1-2-5-8/h3,6-8H,1-2,4-5,11H2,(H,12,13). The van der Waals surface area contributed by atoms with Gasteiger partial charge in [-0.1, -0.05) is 12.8 Å². The van der Waals surface area contributed by atoms with Crippen LogP contribution in [-0.4, -0.2) is 11.9 Å². The molecular formula is C10H15N3O. The number of nitrogens with zero attached hydrogens (tertiary/aromatic N) is 1. The van der Waals surface area contributed by atoms with Crippen molar-refractivity contribution in [2.75, 3.05) is 0 Å². The van der Waals surface area contributed by atoms with Gasteiger partial charge in [0.05, 0.1) is 12.3 Å². The number of hydrogen-bond donors (Lipinski definition) is 2. The minimum Gasteiger partial charge on any atom is -0.461 e. The summed E-state index contributed by atoms with van der Waals surface area (Å²) in [6.45, 7) is 0. The summed E-state index contributed by atoms with van der Waals surface area (Å²) in [7, 11) is 0. The molecule has 0 amide bonds. The fraction of sp³-hybridized carbons (Fsp3) is 0.500. The molecule has 76 valence electrons. The molecule has 0 atom stereocenters. The Morgan fingerprint density at radius 2 is 2.29 bits per heavy atom. The molecule has 0 bridgehead atoms. The molecule has 1 fully saturated rings. The van der Waals surface area contributed by atoms with Crippen molar-refractivity contribution in [2.24, 2.45) is 10.8 Å². The third-order valence-corrected chi connectivity index (χ3v) is 2.53. The van der Waals surface area contributed by atoms with Gasteiger partial charge in [-0.05, 0) is 25.0 Å². The molecule has 3 N–H and O–H groups in total. The minimum atomic E-state index is 0.408. The summed E-state index contributed by atoms with van der Waals surface area (Å²) in [5.41, 5.74) is 2.59. The summed E-state index contributed by atoms with van der Waals surface area (Å²) in [5.74, 6) is 6.76. The van der Waals surface area contributed by atoms with Crippen molar-refractivity contribution >= 4 is 5.84 Å². The molecule has 2 rings (SSSR count). The average Bonchev–Trinajstić information content (AvgIpc) is 2.86. The van der Waals surface area contributed by atoms with Gasteiger partial charge in [0.15, 0.2) is 11.6 Å². The maximum Gasteiger partial charge on any atom is 0.179 e. The summed E-state index contributed by atoms with van der Waals surface area (Å²) in [6.07, 6.45) is 6.48. The summed E-state index contributed by atoms with van der Waals surface area (Å²) in [5, 5.41) is 0. The van der Waals surface area contributed by atoms with Crippen molar-refractivity contribution in [1.82, 2.24) is 5.43 Å². The molecule has 0 spiro atoms. The Morgan fingerprint density at radius 3 is 2.86 bits per heavy atom. The van der Waals surface area contributed by atoms with E-state index in [1.807, 2.05) is 12.1 Å². The Morgan fingerprint density at radius 1 is 1.50 bits per heavy atom. The Hall–Kier alpha value is -1.29. The zero-order valence-electron chi connectivity index (χ0n) is 8.07. The quantitative estimate of drug-likeness (QED) is 0.323. The Labute approximate surface area is 83.2 Å². The fourth-order valence-electron chi connectivity index (χ4n) is 1.80. The Balaban J connectivity index is 2.12. The van der Waals surface area contributed by atoms with Crippen molar-refractivity contribution in [3.8, 4) is 0 Å². The van der Waals surface area contributed by atoms with E-state index in [0.717, 1.165) is 12.8 Å². The second kappa shape index (κ2) is 4.28. The summed E-state index contributed by atoms with van der Waals surface area (Å²) in [6, 6.07) is 4.09. The van der Waals surface area contributed by atoms with Crippen molar-refractivity contribution in [3.63, 3.8) is 0 Å². The topological polar surface area (TPSA) is 63.5 Å². The molecule has 1 aromatic heterocycles. The van der Waals surface area contributed by atoms with Gasteiger partial charge in [0.2, 0.25) is 0 Å². The molecule has 4 heteroatoms. The maximum absolute atomic E-state index is 5.40. The van der Waals surface area contributed by atoms with Crippen molar-refractivity contribution < 1.29 is 4.42 Å². The zero-order valence-corrected chi connectivity index (χ0v) is 8.07. The second-order valence-electron chi connectivity index (χ2n) is 3.54. The zero-order chi connectivity index (χ0) is 9.80. The normalized spacial score (nSPS) is 18.8. The number of nitrogens with two attached hydrogens (primary N) is 1. The van der Waals surface area contributed by atoms with Gasteiger partial charge < -0.3 is 9.84 Å². The lowest BCUT2D eigenvalue weighted by atomic mass is 10.2. The first-order valence-corrected chi connectivity index (χ1v) is 4.98. The van der Waals surface area contributed by atoms with Gasteiger partial charge in [-0.3, -0.25) is 4.99 Å². The maximum atomic E-state index is 5.40. The number of nitrogens with one attached hydrogen (secondary N) is 1. The van der Waals surface area contributed by atoms with Gasteiger partial charge in [-0.25, -0.2) is 5.84 Å². The summed E-state index contributed by atoms with van der Waals surface area (Å²) in [4.78, 5) is 4.52. The van der Waals surface area contributed by atoms with Gasteiger partial charge in [-0.2, -0.15) is 0 Å². The minimum absolute atomic E-state index is 0.408. The van der Waals surface area contributed by atoms with E-state index in [4.69, 9.17) is 10.3 Å². The molecule has 0 unspecified atom stereocenters. The van der Waals surface area contributed by atoms with Crippen LogP contribution in [0, 0.1) is 0 Å². The van der Waals surface area contributed by atoms with E-state index in [-0.39, 0.29) is 0 Å². The van der Waals surface area contributed by atoms with Crippen LogP contribution in [-0.2, 0) is 0 Å². The van der Waals surface area contributed by atoms with Crippen LogP contribution < -0.4 is 11.3 Å². The van der Waals surface area contributed by atoms with Crippen molar-refractivity contribution in [2.45, 2.75) is 31.7 Å². The predicted octanol–water partition coefficient (Wildman–Crippen LogP) is 1.43. The van der Waals surface area contributed by atoms with E-state index in [0.29, 0.717) is 17.6 Å². The molecule has 14 heavy (non-hydrogen) atoms. The SMILES string of the molecule is NNC(=NC1CCCC1)c1ccco1. The van der Waals surface area contributed by atoms with Crippen LogP contribution in [0.3, 0.4) is 0 Å². The smallest absolute Gasteiger partial charge is 0.179 e. The molecule has 0 saturated heterocycles. The van der Waals surface area contributed by atoms with E-state index in [9.17, 15) is 0 Å². The van der Waals surface area contributed by atoms with Crippen LogP contribution in [0.5, 0.6) is 0 Å². The molecule has 1 aliphatic carbocycles. The molecule has 1 aliphatic rings. The van der Waals surface area contributed by atoms with Gasteiger partial charge in [0, 0.05) is 0 Å². The highest BCUT2D eigenvalue weighted by Crippen LogP contribution is 2.21. The molecule has 1 aromatic rings. The first-order valence-electron chi connectivity index (χ1n) is 4.98. The van der Waals surface area contributed by atoms with Gasteiger partial charge >= 0.3 is 0 Å². The van der Waals surface area contributed by atoms with Crippen LogP contribution >= 0.6 is 0 Å². The highest BCUT2D eigenvalue weighted by molar-refractivity contribution is 5.95. The molecule has 0 radical (unpaired) electrons. The Kier molecular flexibility index (Phi) is 2.84. The molecular weight excluding hydrogens is 178 g/mol. The van der Waals surface area contributed by atoms with Crippen LogP contribution in [0.25, 0.3) is 0 Å². The van der Waals surface area contributed by atoms with E-state index >= 15 is 0 Å².